The first kappa shape index (κ1) is 23.1. The molecule has 13 heteroatoms. The summed E-state index contributed by atoms with van der Waals surface area (Å²) >= 11 is 0.553. The highest BCUT2D eigenvalue weighted by Gasteiger charge is 2.32. The molecule has 0 atom stereocenters. The van der Waals surface area contributed by atoms with Gasteiger partial charge in [-0.05, 0) is 29.7 Å². The minimum absolute atomic E-state index is 0.133. The lowest BCUT2D eigenvalue weighted by molar-refractivity contribution is -0.137. The molecule has 0 aliphatic rings. The number of carbonyl (C=O) groups excluding carboxylic acids is 3. The third kappa shape index (κ3) is 5.45. The molecule has 2 rings (SSSR count). The van der Waals surface area contributed by atoms with Crippen molar-refractivity contribution in [3.63, 3.8) is 0 Å². The number of aromatic nitrogens is 1. The molecule has 0 aliphatic heterocycles. The number of nitrogens with zero attached hydrogens (tertiary/aromatic N) is 2. The molecule has 1 aromatic carbocycles. The maximum Gasteiger partial charge on any atom is 0.416 e. The van der Waals surface area contributed by atoms with E-state index in [4.69, 9.17) is 16.2 Å². The number of halogens is 3. The molecule has 5 N–H and O–H groups in total. The summed E-state index contributed by atoms with van der Waals surface area (Å²) < 4.78 is 47.8. The van der Waals surface area contributed by atoms with Crippen LogP contribution in [0.3, 0.4) is 0 Å². The summed E-state index contributed by atoms with van der Waals surface area (Å²) in [5.74, 6) is -2.51. The van der Waals surface area contributed by atoms with Crippen molar-refractivity contribution in [2.45, 2.75) is 6.18 Å². The maximum atomic E-state index is 13.1. The fourth-order valence-corrected chi connectivity index (χ4v) is 3.13. The topological polar surface area (TPSA) is 141 Å². The number of nitrogens with two attached hydrogens (primary N) is 2. The van der Waals surface area contributed by atoms with Crippen molar-refractivity contribution in [3.8, 4) is 0 Å². The highest BCUT2D eigenvalue weighted by molar-refractivity contribution is 7.09. The first-order valence-corrected chi connectivity index (χ1v) is 9.13. The van der Waals surface area contributed by atoms with Gasteiger partial charge in [0, 0.05) is 19.3 Å². The van der Waals surface area contributed by atoms with Crippen molar-refractivity contribution in [2.75, 3.05) is 37.4 Å². The van der Waals surface area contributed by atoms with Crippen molar-refractivity contribution < 1.29 is 32.3 Å². The Hall–Kier alpha value is -3.19. The van der Waals surface area contributed by atoms with E-state index >= 15 is 0 Å². The number of amides is 3. The van der Waals surface area contributed by atoms with E-state index in [1.165, 1.54) is 13.2 Å². The largest absolute Gasteiger partial charge is 0.416 e. The Morgan fingerprint density at radius 2 is 2.00 bits per heavy atom. The lowest BCUT2D eigenvalue weighted by atomic mass is 10.1. The fraction of sp³-hybridized carbons (Fsp3) is 0.294. The van der Waals surface area contributed by atoms with Crippen LogP contribution >= 0.6 is 11.5 Å². The lowest BCUT2D eigenvalue weighted by Gasteiger charge is -2.23. The number of anilines is 2. The van der Waals surface area contributed by atoms with Gasteiger partial charge in [-0.25, -0.2) is 0 Å². The van der Waals surface area contributed by atoms with Gasteiger partial charge in [0.05, 0.1) is 17.9 Å². The minimum Gasteiger partial charge on any atom is -0.395 e. The molecule has 0 fully saturated rings. The zero-order chi connectivity index (χ0) is 22.5. The first-order chi connectivity index (χ1) is 14.1. The summed E-state index contributed by atoms with van der Waals surface area (Å²) in [5.41, 5.74) is 9.04. The number of alkyl halides is 3. The van der Waals surface area contributed by atoms with Crippen molar-refractivity contribution in [1.82, 2.24) is 9.69 Å². The predicted molar refractivity (Wildman–Crippen MR) is 103 cm³/mol. The molecular weight excluding hydrogens is 427 g/mol. The molecule has 1 heterocycles. The predicted octanol–water partition coefficient (Wildman–Crippen LogP) is 1.25. The van der Waals surface area contributed by atoms with E-state index in [-0.39, 0.29) is 35.1 Å². The number of hydrogen-bond donors (Lipinski definition) is 3. The van der Waals surface area contributed by atoms with Crippen molar-refractivity contribution >= 4 is 40.6 Å². The molecule has 0 radical (unpaired) electrons. The van der Waals surface area contributed by atoms with Crippen LogP contribution in [-0.4, -0.2) is 48.9 Å². The second-order valence-electron chi connectivity index (χ2n) is 5.92. The number of methoxy groups -OCH3 is 1. The van der Waals surface area contributed by atoms with E-state index in [2.05, 4.69) is 9.69 Å². The highest BCUT2D eigenvalue weighted by Crippen LogP contribution is 2.33. The molecule has 2 aromatic rings. The standard InChI is InChI=1S/C17H18F3N5O4S/c1-29-6-5-23-11(26)8-25(10-4-2-3-9(7-10)17(18,19)20)16(28)14-12(21)13(15(22)27)24-30-14/h2-4,7H,5-6,8,21H2,1H3,(H2,22,27)(H,23,26). The normalized spacial score (nSPS) is 11.2. The van der Waals surface area contributed by atoms with Crippen LogP contribution in [0.4, 0.5) is 24.5 Å². The second-order valence-corrected chi connectivity index (χ2v) is 6.69. The summed E-state index contributed by atoms with van der Waals surface area (Å²) in [7, 11) is 1.42. The maximum absolute atomic E-state index is 13.1. The van der Waals surface area contributed by atoms with Crippen molar-refractivity contribution in [1.29, 1.82) is 0 Å². The van der Waals surface area contributed by atoms with Gasteiger partial charge in [0.15, 0.2) is 5.69 Å². The molecule has 0 bridgehead atoms. The molecule has 0 unspecified atom stereocenters. The van der Waals surface area contributed by atoms with E-state index in [1.54, 1.807) is 0 Å². The summed E-state index contributed by atoms with van der Waals surface area (Å²) in [6.07, 6.45) is -4.66. The number of nitrogen functional groups attached to an aromatic ring is 1. The number of ether oxygens (including phenoxy) is 1. The van der Waals surface area contributed by atoms with Crippen LogP contribution in [0.5, 0.6) is 0 Å². The van der Waals surface area contributed by atoms with E-state index in [1.807, 2.05) is 0 Å². The highest BCUT2D eigenvalue weighted by atomic mass is 32.1. The molecular formula is C17H18F3N5O4S. The third-order valence-electron chi connectivity index (χ3n) is 3.82. The second kappa shape index (κ2) is 9.54. The van der Waals surface area contributed by atoms with Crippen LogP contribution in [0.1, 0.15) is 25.7 Å². The van der Waals surface area contributed by atoms with Gasteiger partial charge in [-0.3, -0.25) is 19.3 Å². The van der Waals surface area contributed by atoms with Gasteiger partial charge < -0.3 is 21.5 Å². The quantitative estimate of drug-likeness (QED) is 0.523. The zero-order valence-electron chi connectivity index (χ0n) is 15.7. The van der Waals surface area contributed by atoms with Crippen LogP contribution in [0.15, 0.2) is 24.3 Å². The minimum atomic E-state index is -4.66. The monoisotopic (exact) mass is 445 g/mol. The van der Waals surface area contributed by atoms with Crippen molar-refractivity contribution in [2.24, 2.45) is 5.73 Å². The molecule has 0 saturated heterocycles. The Balaban J connectivity index is 2.42. The van der Waals surface area contributed by atoms with E-state index in [0.717, 1.165) is 23.1 Å². The Morgan fingerprint density at radius 1 is 1.30 bits per heavy atom. The molecule has 1 aromatic heterocycles. The van der Waals surface area contributed by atoms with Crippen LogP contribution in [-0.2, 0) is 15.7 Å². The van der Waals surface area contributed by atoms with Gasteiger partial charge in [0.1, 0.15) is 11.4 Å². The van der Waals surface area contributed by atoms with E-state index in [0.29, 0.717) is 11.5 Å². The summed E-state index contributed by atoms with van der Waals surface area (Å²) in [6.45, 7) is -0.269. The molecule has 0 spiro atoms. The SMILES string of the molecule is COCCNC(=O)CN(C(=O)c1snc(C(N)=O)c1N)c1cccc(C(F)(F)F)c1. The number of hydrogen-bond acceptors (Lipinski definition) is 7. The van der Waals surface area contributed by atoms with E-state index in [9.17, 15) is 27.6 Å². The number of carbonyl (C=O) groups is 3. The Kier molecular flexibility index (Phi) is 7.34. The molecule has 162 valence electrons. The lowest BCUT2D eigenvalue weighted by Crippen LogP contribution is -2.41. The molecule has 30 heavy (non-hydrogen) atoms. The van der Waals surface area contributed by atoms with Crippen LogP contribution < -0.4 is 21.7 Å². The Labute approximate surface area is 172 Å². The van der Waals surface area contributed by atoms with Gasteiger partial charge in [-0.15, -0.1) is 0 Å². The number of benzene rings is 1. The zero-order valence-corrected chi connectivity index (χ0v) is 16.5. The van der Waals surface area contributed by atoms with Crippen LogP contribution in [0.2, 0.25) is 0 Å². The number of primary amides is 1. The molecule has 9 nitrogen and oxygen atoms in total. The number of nitrogens with one attached hydrogen (secondary N) is 1. The van der Waals surface area contributed by atoms with Gasteiger partial charge in [-0.1, -0.05) is 6.07 Å². The van der Waals surface area contributed by atoms with Crippen LogP contribution in [0.25, 0.3) is 0 Å². The Morgan fingerprint density at radius 3 is 2.57 bits per heavy atom. The molecule has 3 amide bonds. The summed E-state index contributed by atoms with van der Waals surface area (Å²) in [6, 6.07) is 3.90. The Bertz CT molecular complexity index is 948. The van der Waals surface area contributed by atoms with Gasteiger partial charge in [0.25, 0.3) is 11.8 Å². The smallest absolute Gasteiger partial charge is 0.395 e. The van der Waals surface area contributed by atoms with Crippen LogP contribution in [0, 0.1) is 0 Å². The summed E-state index contributed by atoms with van der Waals surface area (Å²) in [4.78, 5) is 37.1. The third-order valence-corrected chi connectivity index (χ3v) is 4.67. The molecule has 0 aliphatic carbocycles. The fourth-order valence-electron chi connectivity index (χ4n) is 2.37. The molecule has 0 saturated carbocycles. The average Bonchev–Trinajstić information content (AvgIpc) is 3.07. The average molecular weight is 445 g/mol. The first-order valence-electron chi connectivity index (χ1n) is 8.36. The van der Waals surface area contributed by atoms with E-state index < -0.39 is 36.0 Å². The number of rotatable bonds is 8. The van der Waals surface area contributed by atoms with Crippen molar-refractivity contribution in [3.05, 3.63) is 40.4 Å². The van der Waals surface area contributed by atoms with Gasteiger partial charge in [-0.2, -0.15) is 17.5 Å². The van der Waals surface area contributed by atoms with Gasteiger partial charge in [0.2, 0.25) is 5.91 Å². The summed E-state index contributed by atoms with van der Waals surface area (Å²) in [5, 5.41) is 2.48. The van der Waals surface area contributed by atoms with Gasteiger partial charge >= 0.3 is 6.18 Å².